The van der Waals surface area contributed by atoms with E-state index in [2.05, 4.69) is 44.8 Å². The first-order valence-electron chi connectivity index (χ1n) is 43.8. The summed E-state index contributed by atoms with van der Waals surface area (Å²) < 4.78 is 55.3. The molecule has 20 nitrogen and oxygen atoms in total. The number of ketones is 4. The Hall–Kier alpha value is -9.35. The molecule has 23 heteroatoms. The molecule has 0 aliphatic carbocycles. The highest BCUT2D eigenvalue weighted by Gasteiger charge is 2.41. The van der Waals surface area contributed by atoms with Gasteiger partial charge in [0.2, 0.25) is 0 Å². The maximum atomic E-state index is 12.2. The van der Waals surface area contributed by atoms with Crippen molar-refractivity contribution in [2.45, 2.75) is 194 Å². The number of Topliss-reactive ketones (excluding diaryl/α,β-unsaturated/α-hetero) is 4. The van der Waals surface area contributed by atoms with E-state index in [0.717, 1.165) is 298 Å². The van der Waals surface area contributed by atoms with Gasteiger partial charge in [0.05, 0.1) is 61.6 Å². The van der Waals surface area contributed by atoms with Gasteiger partial charge >= 0.3 is 0 Å². The summed E-state index contributed by atoms with van der Waals surface area (Å²) in [6, 6.07) is 47.7. The third-order valence-electron chi connectivity index (χ3n) is 24.6. The highest BCUT2D eigenvalue weighted by atomic mass is 35.5. The van der Waals surface area contributed by atoms with Crippen LogP contribution < -0.4 is 33.2 Å². The fourth-order valence-electron chi connectivity index (χ4n) is 18.5. The molecular formula is C99H121Cl3N8O12. The second-order valence-corrected chi connectivity index (χ2v) is 34.2. The van der Waals surface area contributed by atoms with Crippen LogP contribution in [0.3, 0.4) is 0 Å². The van der Waals surface area contributed by atoms with E-state index >= 15 is 0 Å². The highest BCUT2D eigenvalue weighted by Crippen LogP contribution is 2.40. The van der Waals surface area contributed by atoms with Gasteiger partial charge in [-0.2, -0.15) is 0 Å². The first-order valence-corrected chi connectivity index (χ1v) is 44.9. The fraction of sp³-hybridized carbons (Fsp3) is 0.455. The minimum Gasteiger partial charge on any atom is -0.495 e. The molecule has 0 radical (unpaired) electrons. The van der Waals surface area contributed by atoms with Crippen LogP contribution in [0.15, 0.2) is 170 Å². The standard InChI is InChI=1S/C27H31ClN2O3.2C25H29ClN2O3.C22H32N2O3/c1-18(31)25-17-29(27-24(25)5-3-6-26(27)32-2)13-4-14-30-20-9-10-21(30)16-23(15-20)33-22-11-7-19(28)8-12-22;1-18(29)23-17-28(25-22(23)5-3-6-24(25)30-2)14-4-13-27-15-11-21(12-16-27)31-20-9-7-19(26)8-10-20;1-18(29)21-17-28(25-20(21)7-5-10-24(25)30-2)14-6-13-27-15-11-19(12-16-27)31-23-9-4-3-8-22(23)26;1-4-15-27-18-9-13-23(14-10-18)11-6-12-24-16-20(17(2)25)19-7-5-8-21(26-3)22(19)24/h3,5-8,11-12,17,20-21,23H,4,9-10,13-16H2,1-2H3;3,5-10,17,21H,4,11-16H2,1-2H3;3-5,7-10,17,19H,6,11-16H2,1-2H3;5,7-8,16,18H,4,6,9-15H2,1-3H3. The molecule has 5 saturated heterocycles. The van der Waals surface area contributed by atoms with Crippen molar-refractivity contribution in [2.24, 2.45) is 0 Å². The SMILES string of the molecule is CCCOC1CCN(CCCn2cc(C(C)=O)c3cccc(OC)c32)CC1.COc1cccc2c(C(C)=O)cn(CCCN3C4CCC3CC(Oc3ccc(Cl)cc3)C4)c12.COc1cccc2c(C(C)=O)cn(CCCN3CCC(Oc4ccc(Cl)cc4)CC3)c12.COc1cccc2c(C(C)=O)cn(CCCN3CCC(Oc4ccccc4Cl)CC3)c12. The predicted octanol–water partition coefficient (Wildman–Crippen LogP) is 21.0. The van der Waals surface area contributed by atoms with Crippen LogP contribution in [0.2, 0.25) is 15.1 Å². The van der Waals surface area contributed by atoms with Crippen molar-refractivity contribution in [1.82, 2.24) is 37.9 Å². The third-order valence-corrected chi connectivity index (χ3v) is 25.5. The third kappa shape index (κ3) is 23.0. The van der Waals surface area contributed by atoms with E-state index in [-0.39, 0.29) is 41.4 Å². The van der Waals surface area contributed by atoms with E-state index in [9.17, 15) is 19.2 Å². The van der Waals surface area contributed by atoms with Crippen LogP contribution >= 0.6 is 34.8 Å². The Morgan fingerprint density at radius 3 is 0.984 bits per heavy atom. The van der Waals surface area contributed by atoms with Crippen molar-refractivity contribution in [3.05, 3.63) is 208 Å². The number of rotatable bonds is 33. The number of hydrogen-bond donors (Lipinski definition) is 0. The van der Waals surface area contributed by atoms with Gasteiger partial charge in [0.15, 0.2) is 23.1 Å². The average molecular weight is 1720 g/mol. The summed E-state index contributed by atoms with van der Waals surface area (Å²) in [5, 5.41) is 6.02. The number of carbonyl (C=O) groups excluding carboxylic acids is 4. The maximum absolute atomic E-state index is 12.2. The summed E-state index contributed by atoms with van der Waals surface area (Å²) in [5.74, 6) is 6.19. The van der Waals surface area contributed by atoms with Crippen molar-refractivity contribution in [2.75, 3.05) is 100 Å². The molecule has 2 unspecified atom stereocenters. The van der Waals surface area contributed by atoms with Gasteiger partial charge < -0.3 is 70.9 Å². The van der Waals surface area contributed by atoms with Gasteiger partial charge in [-0.05, 0) is 229 Å². The van der Waals surface area contributed by atoms with Crippen molar-refractivity contribution < 1.29 is 57.1 Å². The number of fused-ring (bicyclic) bond motifs is 6. The number of methoxy groups -OCH3 is 4. The summed E-state index contributed by atoms with van der Waals surface area (Å²) in [7, 11) is 6.72. The van der Waals surface area contributed by atoms with E-state index in [0.29, 0.717) is 23.2 Å². The van der Waals surface area contributed by atoms with Crippen molar-refractivity contribution in [3.8, 4) is 40.2 Å². The van der Waals surface area contributed by atoms with Gasteiger partial charge in [0.25, 0.3) is 0 Å². The zero-order valence-corrected chi connectivity index (χ0v) is 74.7. The van der Waals surface area contributed by atoms with Crippen LogP contribution in [0.4, 0.5) is 0 Å². The molecule has 122 heavy (non-hydrogen) atoms. The zero-order valence-electron chi connectivity index (χ0n) is 72.5. The van der Waals surface area contributed by atoms with Crippen LogP contribution in [0.5, 0.6) is 40.2 Å². The predicted molar refractivity (Wildman–Crippen MR) is 490 cm³/mol. The van der Waals surface area contributed by atoms with Crippen LogP contribution in [0.1, 0.15) is 172 Å². The van der Waals surface area contributed by atoms with Crippen molar-refractivity contribution >= 4 is 102 Å². The van der Waals surface area contributed by atoms with E-state index < -0.39 is 0 Å². The normalized spacial score (nSPS) is 17.5. The van der Waals surface area contributed by atoms with Gasteiger partial charge in [-0.1, -0.05) is 102 Å². The Bertz CT molecular complexity index is 5270. The van der Waals surface area contributed by atoms with E-state index in [1.807, 2.05) is 170 Å². The zero-order chi connectivity index (χ0) is 85.8. The molecule has 5 aliphatic rings. The van der Waals surface area contributed by atoms with E-state index in [4.69, 9.17) is 72.7 Å². The number of aromatic nitrogens is 4. The molecular weight excluding hydrogens is 1600 g/mol. The molecule has 7 aromatic carbocycles. The van der Waals surface area contributed by atoms with Gasteiger partial charge in [-0.25, -0.2) is 0 Å². The van der Waals surface area contributed by atoms with Crippen LogP contribution in [-0.2, 0) is 30.9 Å². The largest absolute Gasteiger partial charge is 0.495 e. The summed E-state index contributed by atoms with van der Waals surface area (Å²) >= 11 is 18.2. The number of benzene rings is 7. The molecule has 5 fully saturated rings. The summed E-state index contributed by atoms with van der Waals surface area (Å²) in [6.45, 7) is 23.5. The maximum Gasteiger partial charge on any atom is 0.161 e. The lowest BCUT2D eigenvalue weighted by molar-refractivity contribution is 0.00758. The van der Waals surface area contributed by atoms with Crippen molar-refractivity contribution in [1.29, 1.82) is 0 Å². The number of aryl methyl sites for hydroxylation is 4. The quantitative estimate of drug-likeness (QED) is 0.0355. The lowest BCUT2D eigenvalue weighted by Crippen LogP contribution is -2.46. The Labute approximate surface area is 734 Å². The Morgan fingerprint density at radius 2 is 0.656 bits per heavy atom. The number of carbonyl (C=O) groups is 4. The van der Waals surface area contributed by atoms with Gasteiger partial charge in [-0.3, -0.25) is 24.1 Å². The Kier molecular flexibility index (Phi) is 32.5. The number of halogens is 3. The lowest BCUT2D eigenvalue weighted by atomic mass is 9.99. The lowest BCUT2D eigenvalue weighted by Gasteiger charge is -2.39. The minimum absolute atomic E-state index is 0.0811. The summed E-state index contributed by atoms with van der Waals surface area (Å²) in [6.07, 6.45) is 25.3. The molecule has 0 spiro atoms. The van der Waals surface area contributed by atoms with E-state index in [1.165, 1.54) is 12.8 Å². The Balaban J connectivity index is 0.000000141. The molecule has 0 N–H and O–H groups in total. The average Bonchev–Trinajstić information content (AvgIpc) is 1.65. The number of ether oxygens (including phenoxy) is 8. The smallest absolute Gasteiger partial charge is 0.161 e. The molecule has 9 heterocycles. The molecule has 0 amide bonds. The van der Waals surface area contributed by atoms with Gasteiger partial charge in [0, 0.05) is 169 Å². The second kappa shape index (κ2) is 43.8. The molecule has 16 rings (SSSR count). The molecule has 2 bridgehead atoms. The molecule has 0 saturated carbocycles. The first-order chi connectivity index (χ1) is 59.3. The molecule has 650 valence electrons. The van der Waals surface area contributed by atoms with Crippen LogP contribution in [-0.4, -0.2) is 198 Å². The van der Waals surface area contributed by atoms with E-state index in [1.54, 1.807) is 56.1 Å². The number of hydrogen-bond acceptors (Lipinski definition) is 16. The van der Waals surface area contributed by atoms with Crippen LogP contribution in [0, 0.1) is 0 Å². The molecule has 4 aromatic heterocycles. The topological polar surface area (TPSA) is 175 Å². The summed E-state index contributed by atoms with van der Waals surface area (Å²) in [5.41, 5.74) is 7.11. The summed E-state index contributed by atoms with van der Waals surface area (Å²) in [4.78, 5) is 58.6. The Morgan fingerprint density at radius 1 is 0.344 bits per heavy atom. The number of para-hydroxylation sites is 5. The number of likely N-dealkylation sites (tertiary alicyclic amines) is 3. The monoisotopic (exact) mass is 1720 g/mol. The first kappa shape index (κ1) is 90.4. The molecule has 2 atom stereocenters. The number of piperidine rings is 4. The van der Waals surface area contributed by atoms with Gasteiger partial charge in [-0.15, -0.1) is 0 Å². The second-order valence-electron chi connectivity index (χ2n) is 32.9. The molecule has 5 aliphatic heterocycles. The minimum atomic E-state index is 0.0811. The molecule has 11 aromatic rings. The highest BCUT2D eigenvalue weighted by molar-refractivity contribution is 6.32. The van der Waals surface area contributed by atoms with Gasteiger partial charge in [0.1, 0.15) is 58.6 Å². The number of nitrogens with zero attached hydrogens (tertiary/aromatic N) is 8. The van der Waals surface area contributed by atoms with Crippen molar-refractivity contribution in [3.63, 3.8) is 0 Å². The fourth-order valence-corrected chi connectivity index (χ4v) is 18.9. The van der Waals surface area contributed by atoms with Crippen LogP contribution in [0.25, 0.3) is 43.6 Å².